The largest absolute Gasteiger partial charge is 0.383 e. The van der Waals surface area contributed by atoms with Crippen LogP contribution in [0.25, 0.3) is 22.0 Å². The lowest BCUT2D eigenvalue weighted by Crippen LogP contribution is -2.50. The van der Waals surface area contributed by atoms with Gasteiger partial charge in [-0.25, -0.2) is 27.7 Å². The molecule has 1 amide bonds. The number of benzene rings is 2. The predicted molar refractivity (Wildman–Crippen MR) is 137 cm³/mol. The number of nitrogens with one attached hydrogen (secondary N) is 1. The number of hydroxylamine groups is 1. The molecule has 0 unspecified atom stereocenters. The molecule has 0 aliphatic carbocycles. The van der Waals surface area contributed by atoms with E-state index < -0.39 is 37.7 Å². The average Bonchev–Trinajstić information content (AvgIpc) is 2.88. The van der Waals surface area contributed by atoms with E-state index in [0.717, 1.165) is 17.7 Å². The minimum Gasteiger partial charge on any atom is -0.383 e. The highest BCUT2D eigenvalue weighted by atomic mass is 32.2. The number of aromatic nitrogens is 2. The summed E-state index contributed by atoms with van der Waals surface area (Å²) in [4.78, 5) is 31.1. The highest BCUT2D eigenvalue weighted by molar-refractivity contribution is 7.92. The number of nitrogens with zero attached hydrogens (tertiary/aromatic N) is 3. The maximum Gasteiger partial charge on any atom is 0.264 e. The number of aryl methyl sites for hydroxylation is 1. The van der Waals surface area contributed by atoms with Crippen LogP contribution in [0.15, 0.2) is 41.5 Å². The van der Waals surface area contributed by atoms with Crippen molar-refractivity contribution in [3.8, 4) is 11.1 Å². The van der Waals surface area contributed by atoms with E-state index in [2.05, 4.69) is 4.98 Å². The van der Waals surface area contributed by atoms with Crippen LogP contribution in [0.3, 0.4) is 0 Å². The molecular formula is C25H30F2N4O6S. The number of fused-ring (bicyclic) bond motifs is 1. The van der Waals surface area contributed by atoms with Crippen LogP contribution in [-0.4, -0.2) is 72.3 Å². The molecule has 1 atom stereocenters. The van der Waals surface area contributed by atoms with Crippen LogP contribution < -0.4 is 11.0 Å². The summed E-state index contributed by atoms with van der Waals surface area (Å²) in [5.74, 6) is -3.10. The first-order chi connectivity index (χ1) is 17.8. The number of carbonyl (C=O) groups is 1. The van der Waals surface area contributed by atoms with E-state index >= 15 is 0 Å². The first-order valence-electron chi connectivity index (χ1n) is 11.6. The van der Waals surface area contributed by atoms with Crippen molar-refractivity contribution < 1.29 is 31.9 Å². The van der Waals surface area contributed by atoms with Crippen molar-refractivity contribution in [2.45, 2.75) is 31.2 Å². The maximum atomic E-state index is 15.0. The first kappa shape index (κ1) is 29.3. The van der Waals surface area contributed by atoms with Crippen LogP contribution in [0, 0.1) is 11.6 Å². The molecule has 1 aromatic heterocycles. The summed E-state index contributed by atoms with van der Waals surface area (Å²) in [7, 11) is -0.609. The predicted octanol–water partition coefficient (Wildman–Crippen LogP) is 2.12. The van der Waals surface area contributed by atoms with Crippen LogP contribution in [0.4, 0.5) is 8.78 Å². The number of ether oxygens (including phenoxy) is 1. The van der Waals surface area contributed by atoms with Gasteiger partial charge in [0.1, 0.15) is 0 Å². The zero-order valence-corrected chi connectivity index (χ0v) is 22.3. The van der Waals surface area contributed by atoms with Gasteiger partial charge in [0.15, 0.2) is 26.2 Å². The molecule has 0 fully saturated rings. The summed E-state index contributed by atoms with van der Waals surface area (Å²) in [6.45, 7) is 2.18. The van der Waals surface area contributed by atoms with Crippen molar-refractivity contribution in [2.24, 2.45) is 0 Å². The van der Waals surface area contributed by atoms with Gasteiger partial charge in [-0.05, 0) is 38.1 Å². The second-order valence-electron chi connectivity index (χ2n) is 9.30. The van der Waals surface area contributed by atoms with Crippen molar-refractivity contribution in [1.29, 1.82) is 0 Å². The van der Waals surface area contributed by atoms with Crippen molar-refractivity contribution in [3.63, 3.8) is 0 Å². The van der Waals surface area contributed by atoms with E-state index in [1.165, 1.54) is 42.1 Å². The van der Waals surface area contributed by atoms with Gasteiger partial charge in [-0.15, -0.1) is 0 Å². The fourth-order valence-corrected chi connectivity index (χ4v) is 4.80. The maximum absolute atomic E-state index is 15.0. The molecular weight excluding hydrogens is 522 g/mol. The molecule has 0 radical (unpaired) electrons. The molecule has 3 aromatic rings. The number of halogens is 2. The molecule has 13 heteroatoms. The van der Waals surface area contributed by atoms with Gasteiger partial charge in [0.05, 0.1) is 23.8 Å². The van der Waals surface area contributed by atoms with Crippen molar-refractivity contribution in [3.05, 3.63) is 64.2 Å². The van der Waals surface area contributed by atoms with Gasteiger partial charge in [-0.3, -0.25) is 24.3 Å². The number of amides is 1. The van der Waals surface area contributed by atoms with Gasteiger partial charge in [0, 0.05) is 44.1 Å². The molecule has 3 rings (SSSR count). The molecule has 0 spiro atoms. The summed E-state index contributed by atoms with van der Waals surface area (Å²) >= 11 is 0. The lowest BCUT2D eigenvalue weighted by Gasteiger charge is -2.25. The molecule has 1 heterocycles. The Morgan fingerprint density at radius 1 is 1.24 bits per heavy atom. The summed E-state index contributed by atoms with van der Waals surface area (Å²) in [6, 6.07) is 7.34. The molecule has 206 valence electrons. The molecule has 2 aromatic carbocycles. The molecule has 0 saturated heterocycles. The average molecular weight is 553 g/mol. The second kappa shape index (κ2) is 11.6. The molecule has 0 aliphatic heterocycles. The second-order valence-corrected chi connectivity index (χ2v) is 11.7. The van der Waals surface area contributed by atoms with E-state index in [-0.39, 0.29) is 41.5 Å². The van der Waals surface area contributed by atoms with Crippen LogP contribution in [0.5, 0.6) is 0 Å². The number of hydrogen-bond donors (Lipinski definition) is 2. The van der Waals surface area contributed by atoms with Crippen molar-refractivity contribution in [1.82, 2.24) is 19.9 Å². The number of carbonyl (C=O) groups excluding carboxylic acids is 1. The Labute approximate surface area is 218 Å². The van der Waals surface area contributed by atoms with E-state index in [4.69, 9.17) is 9.94 Å². The number of rotatable bonds is 11. The first-order valence-corrected chi connectivity index (χ1v) is 13.5. The van der Waals surface area contributed by atoms with Gasteiger partial charge in [-0.2, -0.15) is 0 Å². The summed E-state index contributed by atoms with van der Waals surface area (Å²) in [5.41, 5.74) is 1.60. The lowest BCUT2D eigenvalue weighted by molar-refractivity contribution is -0.131. The van der Waals surface area contributed by atoms with E-state index in [0.29, 0.717) is 18.7 Å². The quantitative estimate of drug-likeness (QED) is 0.273. The molecule has 0 saturated carbocycles. The summed E-state index contributed by atoms with van der Waals surface area (Å²) in [5, 5.41) is 9.13. The minimum atomic E-state index is -3.94. The Kier molecular flexibility index (Phi) is 8.97. The zero-order chi connectivity index (χ0) is 28.3. The Balaban J connectivity index is 1.90. The van der Waals surface area contributed by atoms with Gasteiger partial charge in [0.2, 0.25) is 0 Å². The lowest BCUT2D eigenvalue weighted by atomic mass is 10.0. The topological polar surface area (TPSA) is 131 Å². The highest BCUT2D eigenvalue weighted by Gasteiger charge is 2.43. The van der Waals surface area contributed by atoms with Gasteiger partial charge in [0.25, 0.3) is 11.5 Å². The van der Waals surface area contributed by atoms with Gasteiger partial charge >= 0.3 is 0 Å². The fourth-order valence-electron chi connectivity index (χ4n) is 3.96. The minimum absolute atomic E-state index is 0.0117. The number of likely N-dealkylation sites (N-methyl/N-ethyl adjacent to an activating group) is 1. The number of sulfone groups is 1. The zero-order valence-electron chi connectivity index (χ0n) is 21.5. The Bertz CT molecular complexity index is 1510. The number of hydrogen-bond acceptors (Lipinski definition) is 8. The molecule has 0 aliphatic rings. The monoisotopic (exact) mass is 552 g/mol. The third-order valence-electron chi connectivity index (χ3n) is 6.65. The van der Waals surface area contributed by atoms with E-state index in [1.807, 2.05) is 0 Å². The SMILES string of the molecule is COCCN(C)Cc1ccc(-c2ccc3c(=O)n(CC[C@@](C)(C(=O)NO)S(C)(=O)=O)cnc3c2)c(F)c1F. The van der Waals surface area contributed by atoms with Crippen LogP contribution >= 0.6 is 0 Å². The Hall–Kier alpha value is -3.26. The van der Waals surface area contributed by atoms with E-state index in [9.17, 15) is 26.8 Å². The molecule has 0 bridgehead atoms. The summed E-state index contributed by atoms with van der Waals surface area (Å²) in [6.07, 6.45) is 1.74. The van der Waals surface area contributed by atoms with Crippen molar-refractivity contribution in [2.75, 3.05) is 33.6 Å². The van der Waals surface area contributed by atoms with Crippen LogP contribution in [0.1, 0.15) is 18.9 Å². The summed E-state index contributed by atoms with van der Waals surface area (Å²) < 4.78 is 58.3. The fraction of sp³-hybridized carbons (Fsp3) is 0.400. The smallest absolute Gasteiger partial charge is 0.264 e. The van der Waals surface area contributed by atoms with Gasteiger partial charge in [-0.1, -0.05) is 18.2 Å². The molecule has 38 heavy (non-hydrogen) atoms. The van der Waals surface area contributed by atoms with Crippen molar-refractivity contribution >= 4 is 26.6 Å². The molecule has 10 nitrogen and oxygen atoms in total. The molecule has 2 N–H and O–H groups in total. The third-order valence-corrected chi connectivity index (χ3v) is 8.67. The van der Waals surface area contributed by atoms with E-state index in [1.54, 1.807) is 19.1 Å². The number of methoxy groups -OCH3 is 1. The normalized spacial score (nSPS) is 13.6. The Morgan fingerprint density at radius 3 is 2.58 bits per heavy atom. The van der Waals surface area contributed by atoms with Gasteiger partial charge < -0.3 is 4.74 Å². The Morgan fingerprint density at radius 2 is 1.95 bits per heavy atom. The van der Waals surface area contributed by atoms with Crippen LogP contribution in [0.2, 0.25) is 0 Å². The van der Waals surface area contributed by atoms with Crippen LogP contribution in [-0.2, 0) is 32.5 Å². The third kappa shape index (κ3) is 5.90. The highest BCUT2D eigenvalue weighted by Crippen LogP contribution is 2.29. The standard InChI is InChI=1S/C25H30F2N4O6S/c1-25(24(33)29-34,38(4,35)36)9-10-31-15-28-20-13-16(5-8-19(20)23(31)32)18-7-6-17(21(26)22(18)27)14-30(2)11-12-37-3/h5-8,13,15,34H,9-12,14H2,1-4H3,(H,29,33)/t25-/m0/s1.